The number of hydrogen-bond acceptors (Lipinski definition) is 2. The van der Waals surface area contributed by atoms with Gasteiger partial charge >= 0.3 is 5.97 Å². The topological polar surface area (TPSA) is 57.5 Å². The molecule has 0 heterocycles. The summed E-state index contributed by atoms with van der Waals surface area (Å²) in [5, 5.41) is 20.6. The first kappa shape index (κ1) is 12.4. The second kappa shape index (κ2) is 5.06. The maximum Gasteiger partial charge on any atom is 0.335 e. The fourth-order valence-corrected chi connectivity index (χ4v) is 2.75. The van der Waals surface area contributed by atoms with Crippen molar-refractivity contribution in [3.63, 3.8) is 0 Å². The van der Waals surface area contributed by atoms with E-state index in [9.17, 15) is 9.90 Å². The summed E-state index contributed by atoms with van der Waals surface area (Å²) in [6.07, 6.45) is 0. The third-order valence-corrected chi connectivity index (χ3v) is 4.15. The van der Waals surface area contributed by atoms with E-state index < -0.39 is 5.97 Å². The maximum atomic E-state index is 10.7. The van der Waals surface area contributed by atoms with Crippen LogP contribution in [0.4, 0.5) is 0 Å². The summed E-state index contributed by atoms with van der Waals surface area (Å²) in [5.74, 6) is -0.624. The molecule has 2 aromatic rings. The number of phenols is 1. The number of rotatable bonds is 3. The number of aromatic carboxylic acids is 1. The second-order valence-corrected chi connectivity index (χ2v) is 5.32. The van der Waals surface area contributed by atoms with Crippen molar-refractivity contribution in [1.82, 2.24) is 0 Å². The van der Waals surface area contributed by atoms with Crippen LogP contribution in [0.5, 0.6) is 5.75 Å². The molecule has 2 aromatic carbocycles. The molecular formula is C14H12O3Si. The van der Waals surface area contributed by atoms with Gasteiger partial charge in [0, 0.05) is 0 Å². The molecule has 0 atom stereocenters. The van der Waals surface area contributed by atoms with Crippen molar-refractivity contribution in [3.05, 3.63) is 53.6 Å². The SMILES string of the molecule is Cc1c(O)cccc1[Si]c1ccc(C(=O)O)cc1. The minimum absolute atomic E-state index is 0.288. The normalized spacial score (nSPS) is 10.3. The van der Waals surface area contributed by atoms with Crippen LogP contribution in [-0.4, -0.2) is 25.7 Å². The maximum absolute atomic E-state index is 10.7. The first-order chi connectivity index (χ1) is 8.58. The first-order valence-electron chi connectivity index (χ1n) is 5.47. The van der Waals surface area contributed by atoms with Gasteiger partial charge in [0.15, 0.2) is 0 Å². The van der Waals surface area contributed by atoms with E-state index in [1.165, 1.54) is 0 Å². The second-order valence-electron chi connectivity index (χ2n) is 3.96. The molecule has 0 aromatic heterocycles. The predicted octanol–water partition coefficient (Wildman–Crippen LogP) is 1.05. The number of aromatic hydroxyl groups is 1. The van der Waals surface area contributed by atoms with Crippen LogP contribution in [0.2, 0.25) is 0 Å². The Kier molecular flexibility index (Phi) is 3.48. The van der Waals surface area contributed by atoms with Gasteiger partial charge in [-0.1, -0.05) is 34.6 Å². The van der Waals surface area contributed by atoms with E-state index >= 15 is 0 Å². The van der Waals surface area contributed by atoms with E-state index in [0.29, 0.717) is 15.3 Å². The van der Waals surface area contributed by atoms with Crippen LogP contribution in [0.15, 0.2) is 42.5 Å². The average Bonchev–Trinajstić information content (AvgIpc) is 2.36. The lowest BCUT2D eigenvalue weighted by molar-refractivity contribution is 0.0697. The number of carboxylic acid groups (broad SMARTS) is 1. The van der Waals surface area contributed by atoms with Crippen LogP contribution in [0, 0.1) is 6.92 Å². The molecular weight excluding hydrogens is 244 g/mol. The Morgan fingerprint density at radius 2 is 1.78 bits per heavy atom. The van der Waals surface area contributed by atoms with E-state index in [1.807, 2.05) is 31.2 Å². The predicted molar refractivity (Wildman–Crippen MR) is 71.3 cm³/mol. The molecule has 4 heteroatoms. The molecule has 3 nitrogen and oxygen atoms in total. The smallest absolute Gasteiger partial charge is 0.335 e. The van der Waals surface area contributed by atoms with Crippen molar-refractivity contribution >= 4 is 25.9 Å². The lowest BCUT2D eigenvalue weighted by atomic mass is 10.2. The fraction of sp³-hybridized carbons (Fsp3) is 0.0714. The monoisotopic (exact) mass is 256 g/mol. The minimum atomic E-state index is -0.918. The first-order valence-corrected chi connectivity index (χ1v) is 6.47. The van der Waals surface area contributed by atoms with E-state index in [2.05, 4.69) is 0 Å². The quantitative estimate of drug-likeness (QED) is 0.807. The van der Waals surface area contributed by atoms with Crippen LogP contribution in [0.25, 0.3) is 0 Å². The van der Waals surface area contributed by atoms with Crippen molar-refractivity contribution in [2.24, 2.45) is 0 Å². The highest BCUT2D eigenvalue weighted by atomic mass is 28.2. The van der Waals surface area contributed by atoms with Crippen LogP contribution in [0.3, 0.4) is 0 Å². The Balaban J connectivity index is 2.24. The van der Waals surface area contributed by atoms with Crippen molar-refractivity contribution in [1.29, 1.82) is 0 Å². The molecule has 0 unspecified atom stereocenters. The highest BCUT2D eigenvalue weighted by Crippen LogP contribution is 2.11. The molecule has 0 bridgehead atoms. The number of carbonyl (C=O) groups is 1. The van der Waals surface area contributed by atoms with Crippen LogP contribution in [0.1, 0.15) is 15.9 Å². The standard InChI is InChI=1S/C14H12O3Si/c1-9-12(15)3-2-4-13(9)18-11-7-5-10(6-8-11)14(16)17/h2-8,15H,1H3,(H,16,17). The minimum Gasteiger partial charge on any atom is -0.508 e. The zero-order chi connectivity index (χ0) is 13.1. The summed E-state index contributed by atoms with van der Waals surface area (Å²) < 4.78 is 0. The summed E-state index contributed by atoms with van der Waals surface area (Å²) in [4.78, 5) is 10.7. The highest BCUT2D eigenvalue weighted by Gasteiger charge is 2.06. The van der Waals surface area contributed by atoms with Crippen LogP contribution in [-0.2, 0) is 0 Å². The third kappa shape index (κ3) is 2.60. The molecule has 0 aliphatic carbocycles. The van der Waals surface area contributed by atoms with Gasteiger partial charge < -0.3 is 10.2 Å². The molecule has 0 amide bonds. The average molecular weight is 256 g/mol. The van der Waals surface area contributed by atoms with Crippen molar-refractivity contribution < 1.29 is 15.0 Å². The molecule has 2 N–H and O–H groups in total. The summed E-state index contributed by atoms with van der Waals surface area (Å²) in [6, 6.07) is 12.3. The van der Waals surface area contributed by atoms with E-state index in [1.54, 1.807) is 18.2 Å². The molecule has 2 radical (unpaired) electrons. The van der Waals surface area contributed by atoms with E-state index in [0.717, 1.165) is 15.9 Å². The molecule has 0 spiro atoms. The van der Waals surface area contributed by atoms with Gasteiger partial charge in [-0.05, 0) is 30.7 Å². The Morgan fingerprint density at radius 1 is 1.11 bits per heavy atom. The van der Waals surface area contributed by atoms with Gasteiger partial charge in [-0.3, -0.25) is 0 Å². The van der Waals surface area contributed by atoms with E-state index in [4.69, 9.17) is 5.11 Å². The molecule has 0 aliphatic heterocycles. The van der Waals surface area contributed by atoms with Gasteiger partial charge in [0.05, 0.1) is 5.56 Å². The lowest BCUT2D eigenvalue weighted by Crippen LogP contribution is -2.29. The molecule has 90 valence electrons. The Morgan fingerprint density at radius 3 is 2.39 bits per heavy atom. The number of carboxylic acids is 1. The molecule has 0 saturated carbocycles. The van der Waals surface area contributed by atoms with E-state index in [-0.39, 0.29) is 5.56 Å². The zero-order valence-electron chi connectivity index (χ0n) is 9.84. The van der Waals surface area contributed by atoms with Crippen LogP contribution < -0.4 is 10.4 Å². The Bertz CT molecular complexity index is 576. The summed E-state index contributed by atoms with van der Waals surface area (Å²) in [7, 11) is 0.409. The van der Waals surface area contributed by atoms with Gasteiger partial charge in [0.2, 0.25) is 0 Å². The summed E-state index contributed by atoms with van der Waals surface area (Å²) in [5.41, 5.74) is 1.16. The Hall–Kier alpha value is -2.07. The van der Waals surface area contributed by atoms with Gasteiger partial charge in [0.25, 0.3) is 0 Å². The Labute approximate surface area is 108 Å². The van der Waals surface area contributed by atoms with Crippen molar-refractivity contribution in [2.45, 2.75) is 6.92 Å². The molecule has 0 saturated heterocycles. The largest absolute Gasteiger partial charge is 0.508 e. The summed E-state index contributed by atoms with van der Waals surface area (Å²) >= 11 is 0. The van der Waals surface area contributed by atoms with Gasteiger partial charge in [-0.2, -0.15) is 0 Å². The van der Waals surface area contributed by atoms with Crippen LogP contribution >= 0.6 is 0 Å². The number of benzene rings is 2. The fourth-order valence-electron chi connectivity index (χ4n) is 1.61. The molecule has 0 fully saturated rings. The zero-order valence-corrected chi connectivity index (χ0v) is 10.8. The molecule has 2 rings (SSSR count). The van der Waals surface area contributed by atoms with Gasteiger partial charge in [-0.15, -0.1) is 0 Å². The van der Waals surface area contributed by atoms with Crippen molar-refractivity contribution in [2.75, 3.05) is 0 Å². The highest BCUT2D eigenvalue weighted by molar-refractivity contribution is 6.67. The van der Waals surface area contributed by atoms with Gasteiger partial charge in [0.1, 0.15) is 15.3 Å². The number of phenolic OH excluding ortho intramolecular Hbond substituents is 1. The summed E-state index contributed by atoms with van der Waals surface area (Å²) in [6.45, 7) is 1.88. The number of hydrogen-bond donors (Lipinski definition) is 2. The third-order valence-electron chi connectivity index (χ3n) is 2.72. The molecule has 0 aliphatic rings. The molecule has 18 heavy (non-hydrogen) atoms. The van der Waals surface area contributed by atoms with Gasteiger partial charge in [-0.25, -0.2) is 4.79 Å². The lowest BCUT2D eigenvalue weighted by Gasteiger charge is -2.06. The van der Waals surface area contributed by atoms with Crippen molar-refractivity contribution in [3.8, 4) is 5.75 Å².